The Hall–Kier alpha value is -3.40. The lowest BCUT2D eigenvalue weighted by Crippen LogP contribution is -2.51. The number of rotatable bonds is 2. The second kappa shape index (κ2) is 11.7. The zero-order chi connectivity index (χ0) is 29.4. The van der Waals surface area contributed by atoms with Gasteiger partial charge in [0, 0.05) is 23.8 Å². The molecule has 10 heteroatoms. The minimum atomic E-state index is -0.808. The summed E-state index contributed by atoms with van der Waals surface area (Å²) in [6.45, 7) is 5.44. The fourth-order valence-electron chi connectivity index (χ4n) is 6.83. The largest absolute Gasteiger partial charge is 0.467 e. The van der Waals surface area contributed by atoms with Crippen LogP contribution in [0.25, 0.3) is 6.08 Å². The van der Waals surface area contributed by atoms with Gasteiger partial charge in [0.05, 0.1) is 25.9 Å². The van der Waals surface area contributed by atoms with Crippen LogP contribution in [0.15, 0.2) is 29.7 Å². The van der Waals surface area contributed by atoms with Crippen LogP contribution in [0.4, 0.5) is 9.93 Å². The molecular weight excluding hydrogens is 552 g/mol. The second-order valence-corrected chi connectivity index (χ2v) is 13.5. The van der Waals surface area contributed by atoms with Gasteiger partial charge in [-0.05, 0) is 41.9 Å². The van der Waals surface area contributed by atoms with E-state index in [4.69, 9.17) is 14.5 Å². The van der Waals surface area contributed by atoms with Gasteiger partial charge in [-0.15, -0.1) is 11.3 Å². The number of esters is 1. The summed E-state index contributed by atoms with van der Waals surface area (Å²) in [6.07, 6.45) is 9.46. The molecule has 1 saturated heterocycles. The molecule has 0 unspecified atom stereocenters. The van der Waals surface area contributed by atoms with Gasteiger partial charge in [-0.1, -0.05) is 63.5 Å². The first-order valence-corrected chi connectivity index (χ1v) is 15.9. The van der Waals surface area contributed by atoms with Crippen LogP contribution in [0.1, 0.15) is 81.2 Å². The van der Waals surface area contributed by atoms with E-state index in [1.807, 2.05) is 12.1 Å². The summed E-state index contributed by atoms with van der Waals surface area (Å²) in [5.41, 5.74) is 4.07. The lowest BCUT2D eigenvalue weighted by atomic mass is 9.83. The average molecular weight is 593 g/mol. The zero-order valence-electron chi connectivity index (χ0n) is 24.6. The molecule has 0 spiro atoms. The first-order valence-electron chi connectivity index (χ1n) is 15.1. The SMILES string of the molecule is COC(=O)[C@@H]1C[C@@H]2CN1C(=O)[C@H](C1CCCCC1)Nc1nc(cs1)C(C)(C)C/C=C/c1cccc3c1CN(C3)C(=O)O2. The Labute approximate surface area is 251 Å². The van der Waals surface area contributed by atoms with E-state index in [1.165, 1.54) is 18.4 Å². The minimum Gasteiger partial charge on any atom is -0.467 e. The molecule has 3 aliphatic heterocycles. The van der Waals surface area contributed by atoms with E-state index in [0.717, 1.165) is 60.9 Å². The van der Waals surface area contributed by atoms with E-state index in [1.54, 1.807) is 9.80 Å². The third-order valence-electron chi connectivity index (χ3n) is 9.35. The molecule has 2 aromatic rings. The predicted molar refractivity (Wildman–Crippen MR) is 161 cm³/mol. The van der Waals surface area contributed by atoms with Crippen molar-refractivity contribution >= 4 is 40.5 Å². The lowest BCUT2D eigenvalue weighted by Gasteiger charge is -2.34. The summed E-state index contributed by atoms with van der Waals surface area (Å²) >= 11 is 1.51. The molecule has 224 valence electrons. The number of fused-ring (bicyclic) bond motifs is 5. The Bertz CT molecular complexity index is 1380. The van der Waals surface area contributed by atoms with Gasteiger partial charge in [-0.3, -0.25) is 9.69 Å². The first-order chi connectivity index (χ1) is 20.2. The van der Waals surface area contributed by atoms with Gasteiger partial charge in [0.25, 0.3) is 0 Å². The molecule has 1 saturated carbocycles. The van der Waals surface area contributed by atoms with Crippen LogP contribution in [0, 0.1) is 5.92 Å². The lowest BCUT2D eigenvalue weighted by molar-refractivity contribution is -0.151. The number of anilines is 1. The average Bonchev–Trinajstić information content (AvgIpc) is 3.74. The van der Waals surface area contributed by atoms with Gasteiger partial charge >= 0.3 is 12.1 Å². The van der Waals surface area contributed by atoms with Crippen molar-refractivity contribution in [3.05, 3.63) is 52.0 Å². The Balaban J connectivity index is 1.36. The number of carbonyl (C=O) groups excluding carboxylic acids is 3. The van der Waals surface area contributed by atoms with Crippen molar-refractivity contribution in [1.82, 2.24) is 14.8 Å². The Morgan fingerprint density at radius 3 is 2.76 bits per heavy atom. The topological polar surface area (TPSA) is 101 Å². The Morgan fingerprint density at radius 1 is 1.17 bits per heavy atom. The highest BCUT2D eigenvalue weighted by Crippen LogP contribution is 2.36. The molecule has 2 fully saturated rings. The van der Waals surface area contributed by atoms with Crippen LogP contribution in [-0.4, -0.2) is 64.6 Å². The highest BCUT2D eigenvalue weighted by Gasteiger charge is 2.46. The summed E-state index contributed by atoms with van der Waals surface area (Å²) in [5, 5.41) is 6.29. The maximum atomic E-state index is 14.3. The van der Waals surface area contributed by atoms with Crippen molar-refractivity contribution in [3.8, 4) is 0 Å². The number of allylic oxidation sites excluding steroid dienone is 1. The molecule has 9 nitrogen and oxygen atoms in total. The number of benzene rings is 1. The van der Waals surface area contributed by atoms with Crippen molar-refractivity contribution in [2.75, 3.05) is 19.0 Å². The third-order valence-corrected chi connectivity index (χ3v) is 10.1. The molecule has 6 bridgehead atoms. The first kappa shape index (κ1) is 28.7. The number of methoxy groups -OCH3 is 1. The molecule has 1 aliphatic carbocycles. The molecule has 2 amide bonds. The summed E-state index contributed by atoms with van der Waals surface area (Å²) in [7, 11) is 1.33. The van der Waals surface area contributed by atoms with E-state index < -0.39 is 30.3 Å². The van der Waals surface area contributed by atoms with Crippen molar-refractivity contribution in [1.29, 1.82) is 0 Å². The minimum absolute atomic E-state index is 0.125. The molecular formula is C32H40N4O5S. The number of thiazole rings is 1. The van der Waals surface area contributed by atoms with Crippen molar-refractivity contribution in [2.24, 2.45) is 5.92 Å². The van der Waals surface area contributed by atoms with E-state index in [-0.39, 0.29) is 30.2 Å². The molecule has 4 heterocycles. The normalized spacial score (nSPS) is 27.0. The Kier molecular flexibility index (Phi) is 8.00. The summed E-state index contributed by atoms with van der Waals surface area (Å²) < 4.78 is 11.1. The van der Waals surface area contributed by atoms with Gasteiger partial charge in [0.1, 0.15) is 18.2 Å². The van der Waals surface area contributed by atoms with Gasteiger partial charge in [-0.2, -0.15) is 0 Å². The van der Waals surface area contributed by atoms with E-state index in [0.29, 0.717) is 18.2 Å². The van der Waals surface area contributed by atoms with Crippen molar-refractivity contribution in [3.63, 3.8) is 0 Å². The van der Waals surface area contributed by atoms with Crippen LogP contribution in [0.3, 0.4) is 0 Å². The van der Waals surface area contributed by atoms with E-state index >= 15 is 0 Å². The maximum absolute atomic E-state index is 14.3. The molecule has 0 radical (unpaired) electrons. The van der Waals surface area contributed by atoms with Gasteiger partial charge in [0.15, 0.2) is 5.13 Å². The number of nitrogens with one attached hydrogen (secondary N) is 1. The van der Waals surface area contributed by atoms with Crippen LogP contribution >= 0.6 is 11.3 Å². The molecule has 1 aromatic heterocycles. The molecule has 4 aliphatic rings. The van der Waals surface area contributed by atoms with Gasteiger partial charge in [-0.25, -0.2) is 14.6 Å². The number of hydrogen-bond donors (Lipinski definition) is 1. The van der Waals surface area contributed by atoms with Crippen LogP contribution in [0.2, 0.25) is 0 Å². The second-order valence-electron chi connectivity index (χ2n) is 12.7. The maximum Gasteiger partial charge on any atom is 0.410 e. The molecule has 6 rings (SSSR count). The summed E-state index contributed by atoms with van der Waals surface area (Å²) in [5.74, 6) is -0.527. The number of aromatic nitrogens is 1. The molecule has 42 heavy (non-hydrogen) atoms. The number of nitrogens with zero attached hydrogens (tertiary/aromatic N) is 3. The molecule has 1 aromatic carbocycles. The van der Waals surface area contributed by atoms with Crippen LogP contribution < -0.4 is 5.32 Å². The monoisotopic (exact) mass is 592 g/mol. The highest BCUT2D eigenvalue weighted by molar-refractivity contribution is 7.13. The summed E-state index contributed by atoms with van der Waals surface area (Å²) in [6, 6.07) is 4.82. The molecule has 3 atom stereocenters. The zero-order valence-corrected chi connectivity index (χ0v) is 25.5. The Morgan fingerprint density at radius 2 is 1.98 bits per heavy atom. The van der Waals surface area contributed by atoms with Crippen molar-refractivity contribution in [2.45, 2.75) is 95.5 Å². The smallest absolute Gasteiger partial charge is 0.410 e. The predicted octanol–water partition coefficient (Wildman–Crippen LogP) is 5.49. The van der Waals surface area contributed by atoms with E-state index in [2.05, 4.69) is 42.8 Å². The van der Waals surface area contributed by atoms with Crippen molar-refractivity contribution < 1.29 is 23.9 Å². The van der Waals surface area contributed by atoms with E-state index in [9.17, 15) is 14.4 Å². The number of carbonyl (C=O) groups is 3. The van der Waals surface area contributed by atoms with Crippen LogP contribution in [0.5, 0.6) is 0 Å². The number of ether oxygens (including phenoxy) is 2. The van der Waals surface area contributed by atoms with Gasteiger partial charge in [0.2, 0.25) is 5.91 Å². The van der Waals surface area contributed by atoms with Crippen LogP contribution in [-0.2, 0) is 37.6 Å². The third kappa shape index (κ3) is 5.65. The van der Waals surface area contributed by atoms with Gasteiger partial charge < -0.3 is 19.7 Å². The molecule has 1 N–H and O–H groups in total. The highest BCUT2D eigenvalue weighted by atomic mass is 32.1. The number of hydrogen-bond acceptors (Lipinski definition) is 8. The summed E-state index contributed by atoms with van der Waals surface area (Å²) in [4.78, 5) is 48.8. The quantitative estimate of drug-likeness (QED) is 0.460. The number of amides is 2. The fraction of sp³-hybridized carbons (Fsp3) is 0.562. The standard InChI is InChI=1S/C32H40N4O5S/c1-32(2)14-8-13-20-11-7-12-22-16-35(18-24(20)22)31(39)41-23-15-25(29(38)40-3)36(17-23)28(37)27(21-9-5-4-6-10-21)34-30-33-26(32)19-42-30/h7-8,11-13,19,21,23,25,27H,4-6,9-10,14-18H2,1-3H3,(H,33,34)/b13-8+/t23-,25+,27+/m1/s1. The fourth-order valence-corrected chi connectivity index (χ4v) is 7.77.